The van der Waals surface area contributed by atoms with Crippen LogP contribution in [0.4, 0.5) is 0 Å². The quantitative estimate of drug-likeness (QED) is 0.181. The van der Waals surface area contributed by atoms with E-state index in [1.54, 1.807) is 0 Å². The number of aliphatic hydroxyl groups excluding tert-OH is 2. The van der Waals surface area contributed by atoms with Crippen LogP contribution >= 0.6 is 0 Å². The minimum absolute atomic E-state index is 0. The number of hydrogen-bond acceptors (Lipinski definition) is 12. The van der Waals surface area contributed by atoms with Gasteiger partial charge < -0.3 is 50.1 Å². The molecule has 0 heterocycles. The van der Waals surface area contributed by atoms with Gasteiger partial charge in [-0.15, -0.1) is 0 Å². The summed E-state index contributed by atoms with van der Waals surface area (Å²) in [6, 6.07) is 0. The second-order valence-electron chi connectivity index (χ2n) is 3.84. The van der Waals surface area contributed by atoms with Gasteiger partial charge in [0.15, 0.2) is 0 Å². The molecule has 0 fully saturated rings. The predicted molar refractivity (Wildman–Crippen MR) is 77.6 cm³/mol. The summed E-state index contributed by atoms with van der Waals surface area (Å²) < 4.78 is 8.82. The summed E-state index contributed by atoms with van der Waals surface area (Å²) in [5.41, 5.74) is 0. The Kier molecular flexibility index (Phi) is 24.2. The number of aliphatic hydroxyl groups is 2. The van der Waals surface area contributed by atoms with Gasteiger partial charge in [-0.25, -0.2) is 0 Å². The Hall–Kier alpha value is -1.02. The number of esters is 2. The van der Waals surface area contributed by atoms with Crippen molar-refractivity contribution in [1.29, 1.82) is 0 Å². The number of carboxylic acids is 2. The largest absolute Gasteiger partial charge is 2.00 e. The molecule has 25 heavy (non-hydrogen) atoms. The molecule has 4 N–H and O–H groups in total. The van der Waals surface area contributed by atoms with Gasteiger partial charge in [-0.2, -0.15) is 0 Å². The molecule has 140 valence electrons. The van der Waals surface area contributed by atoms with Crippen molar-refractivity contribution in [2.24, 2.45) is 0 Å². The van der Waals surface area contributed by atoms with Gasteiger partial charge >= 0.3 is 49.7 Å². The zero-order valence-corrected chi connectivity index (χ0v) is 15.7. The Morgan fingerprint density at radius 2 is 1.04 bits per heavy atom. The summed E-state index contributed by atoms with van der Waals surface area (Å²) in [6.07, 6.45) is 0. The van der Waals surface area contributed by atoms with E-state index in [0.29, 0.717) is 0 Å². The first-order chi connectivity index (χ1) is 11.3. The molecule has 0 unspecified atom stereocenters. The minimum atomic E-state index is -1.29. The fraction of sp³-hybridized carbons (Fsp3) is 0.667. The molecule has 0 aliphatic heterocycles. The number of carbonyl (C=O) groups excluding carboxylic acids is 4. The van der Waals surface area contributed by atoms with Crippen LogP contribution < -0.4 is 20.8 Å². The van der Waals surface area contributed by atoms with Crippen LogP contribution in [0.25, 0.3) is 0 Å². The molecule has 0 aliphatic carbocycles. The van der Waals surface area contributed by atoms with Crippen LogP contribution in [-0.4, -0.2) is 124 Å². The van der Waals surface area contributed by atoms with Crippen LogP contribution in [0.3, 0.4) is 0 Å². The molecule has 13 heteroatoms. The first-order valence-corrected chi connectivity index (χ1v) is 6.67. The van der Waals surface area contributed by atoms with Crippen LogP contribution in [0.5, 0.6) is 0 Å². The zero-order valence-electron chi connectivity index (χ0n) is 13.5. The van der Waals surface area contributed by atoms with Crippen LogP contribution in [0.2, 0.25) is 0 Å². The summed E-state index contributed by atoms with van der Waals surface area (Å²) in [5.74, 6) is -3.79. The number of aliphatic carboxylic acids is 2. The second-order valence-corrected chi connectivity index (χ2v) is 3.84. The van der Waals surface area contributed by atoms with Crippen molar-refractivity contribution < 1.29 is 49.1 Å². The second kappa shape index (κ2) is 21.0. The zero-order chi connectivity index (χ0) is 18.8. The number of carbonyl (C=O) groups is 4. The van der Waals surface area contributed by atoms with Crippen LogP contribution in [0, 0.1) is 0 Å². The number of nitrogens with one attached hydrogen (secondary N) is 2. The number of rotatable bonds is 12. The smallest absolute Gasteiger partial charge is 0.549 e. The average Bonchev–Trinajstić information content (AvgIpc) is 2.50. The number of carboxylic acid groups (broad SMARTS) is 2. The van der Waals surface area contributed by atoms with Crippen molar-refractivity contribution in [3.8, 4) is 0 Å². The third-order valence-corrected chi connectivity index (χ3v) is 1.79. The van der Waals surface area contributed by atoms with E-state index >= 15 is 0 Å². The standard InChI is InChI=1S/2C6H11NO5.Ca/c2*8-1-2-12-6(11)4-7-3-5(9)10;/h2*7-8H,1-4H2,(H,9,10);/q;;+2/p-2. The first-order valence-electron chi connectivity index (χ1n) is 6.67. The van der Waals surface area contributed by atoms with Gasteiger partial charge in [-0.05, 0) is 0 Å². The van der Waals surface area contributed by atoms with E-state index in [-0.39, 0.29) is 77.3 Å². The van der Waals surface area contributed by atoms with Crippen LogP contribution in [0.15, 0.2) is 0 Å². The van der Waals surface area contributed by atoms with Crippen molar-refractivity contribution in [2.45, 2.75) is 0 Å². The predicted octanol–water partition coefficient (Wildman–Crippen LogP) is -6.66. The van der Waals surface area contributed by atoms with Crippen molar-refractivity contribution in [3.63, 3.8) is 0 Å². The van der Waals surface area contributed by atoms with Gasteiger partial charge in [0.1, 0.15) is 13.2 Å². The molecular weight excluding hydrogens is 372 g/mol. The molecule has 0 bridgehead atoms. The minimum Gasteiger partial charge on any atom is -0.549 e. The normalized spacial score (nSPS) is 9.04. The Labute approximate surface area is 173 Å². The van der Waals surface area contributed by atoms with Crippen molar-refractivity contribution >= 4 is 61.6 Å². The monoisotopic (exact) mass is 392 g/mol. The van der Waals surface area contributed by atoms with Crippen molar-refractivity contribution in [3.05, 3.63) is 0 Å². The molecule has 0 atom stereocenters. The third-order valence-electron chi connectivity index (χ3n) is 1.79. The van der Waals surface area contributed by atoms with Gasteiger partial charge in [-0.1, -0.05) is 0 Å². The molecule has 0 rings (SSSR count). The fourth-order valence-electron chi connectivity index (χ4n) is 0.954. The van der Waals surface area contributed by atoms with E-state index in [0.717, 1.165) is 0 Å². The Bertz CT molecular complexity index is 358. The van der Waals surface area contributed by atoms with Crippen LogP contribution in [-0.2, 0) is 28.7 Å². The maximum absolute atomic E-state index is 10.6. The Morgan fingerprint density at radius 1 is 0.720 bits per heavy atom. The Balaban J connectivity index is -0.000000372. The molecule has 12 nitrogen and oxygen atoms in total. The Morgan fingerprint density at radius 3 is 1.28 bits per heavy atom. The van der Waals surface area contributed by atoms with E-state index in [1.165, 1.54) is 0 Å². The van der Waals surface area contributed by atoms with Gasteiger partial charge in [0.2, 0.25) is 0 Å². The van der Waals surface area contributed by atoms with E-state index in [4.69, 9.17) is 10.2 Å². The summed E-state index contributed by atoms with van der Waals surface area (Å²) in [7, 11) is 0. The number of hydrogen-bond donors (Lipinski definition) is 4. The molecule has 0 aromatic heterocycles. The summed E-state index contributed by atoms with van der Waals surface area (Å²) in [4.78, 5) is 40.8. The molecular formula is C12H20CaN2O10. The summed E-state index contributed by atoms with van der Waals surface area (Å²) in [6.45, 7) is -1.83. The molecule has 0 spiro atoms. The van der Waals surface area contributed by atoms with Gasteiger partial charge in [0.25, 0.3) is 0 Å². The SMILES string of the molecule is O=C([O-])CNCC(=O)OCCO.O=C([O-])CNCC(=O)OCCO.[Ca+2]. The van der Waals surface area contributed by atoms with Gasteiger partial charge in [-0.3, -0.25) is 9.59 Å². The van der Waals surface area contributed by atoms with E-state index in [1.807, 2.05) is 0 Å². The molecule has 0 saturated heterocycles. The average molecular weight is 392 g/mol. The molecule has 0 aromatic carbocycles. The van der Waals surface area contributed by atoms with Crippen LogP contribution in [0.1, 0.15) is 0 Å². The third kappa shape index (κ3) is 28.1. The van der Waals surface area contributed by atoms with E-state index in [9.17, 15) is 29.4 Å². The van der Waals surface area contributed by atoms with Gasteiger partial charge in [0.05, 0.1) is 38.2 Å². The summed E-state index contributed by atoms with van der Waals surface area (Å²) in [5, 5.41) is 40.7. The maximum atomic E-state index is 10.6. The van der Waals surface area contributed by atoms with Gasteiger partial charge in [0, 0.05) is 13.1 Å². The number of ether oxygens (including phenoxy) is 2. The molecule has 0 amide bonds. The van der Waals surface area contributed by atoms with Crippen molar-refractivity contribution in [1.82, 2.24) is 10.6 Å². The first kappa shape index (κ1) is 28.8. The summed E-state index contributed by atoms with van der Waals surface area (Å²) >= 11 is 0. The van der Waals surface area contributed by atoms with Crippen molar-refractivity contribution in [2.75, 3.05) is 52.6 Å². The molecule has 0 aliphatic rings. The molecule has 0 radical (unpaired) electrons. The van der Waals surface area contributed by atoms with E-state index < -0.39 is 37.0 Å². The molecule has 0 aromatic rings. The van der Waals surface area contributed by atoms with E-state index in [2.05, 4.69) is 20.1 Å². The molecule has 0 saturated carbocycles. The maximum Gasteiger partial charge on any atom is 2.00 e. The fourth-order valence-corrected chi connectivity index (χ4v) is 0.954. The topological polar surface area (TPSA) is 197 Å².